The number of ether oxygens (including phenoxy) is 1. The van der Waals surface area contributed by atoms with Gasteiger partial charge in [0.15, 0.2) is 16.8 Å². The van der Waals surface area contributed by atoms with E-state index in [-0.39, 0.29) is 22.8 Å². The van der Waals surface area contributed by atoms with E-state index in [4.69, 9.17) is 5.11 Å². The van der Waals surface area contributed by atoms with Crippen LogP contribution in [0.2, 0.25) is 0 Å². The molecule has 0 fully saturated rings. The molecule has 1 atom stereocenters. The molecule has 37 heavy (non-hydrogen) atoms. The lowest BCUT2D eigenvalue weighted by atomic mass is 10.2. The van der Waals surface area contributed by atoms with Gasteiger partial charge in [0.25, 0.3) is 0 Å². The molecule has 4 rings (SSSR count). The SMILES string of the molecule is CC.Cc1c(N(Cc2ccc(OC(F)(F)F)cc2)S(=O)c2ccc(C(=O)O)cc2)nc2ccc(F)cn12. The van der Waals surface area contributed by atoms with Gasteiger partial charge in [-0.1, -0.05) is 26.0 Å². The Hall–Kier alpha value is -3.93. The number of anilines is 1. The molecule has 2 heterocycles. The molecule has 1 N–H and O–H groups in total. The Morgan fingerprint density at radius 3 is 2.24 bits per heavy atom. The van der Waals surface area contributed by atoms with Crippen LogP contribution in [0.3, 0.4) is 0 Å². The number of rotatable bonds is 7. The lowest BCUT2D eigenvalue weighted by Crippen LogP contribution is -2.26. The van der Waals surface area contributed by atoms with E-state index in [0.29, 0.717) is 16.9 Å². The van der Waals surface area contributed by atoms with Gasteiger partial charge in [0, 0.05) is 6.20 Å². The summed E-state index contributed by atoms with van der Waals surface area (Å²) in [6, 6.07) is 13.2. The minimum atomic E-state index is -4.83. The number of aromatic carboxylic acids is 1. The van der Waals surface area contributed by atoms with Crippen molar-refractivity contribution in [2.45, 2.75) is 38.6 Å². The zero-order valence-electron chi connectivity index (χ0n) is 20.0. The highest BCUT2D eigenvalue weighted by molar-refractivity contribution is 7.86. The number of carboxylic acids is 1. The van der Waals surface area contributed by atoms with Gasteiger partial charge in [0.2, 0.25) is 0 Å². The second-order valence-corrected chi connectivity index (χ2v) is 8.81. The van der Waals surface area contributed by atoms with Crippen molar-refractivity contribution in [3.8, 4) is 5.75 Å². The summed E-state index contributed by atoms with van der Waals surface area (Å²) >= 11 is 0. The molecule has 1 unspecified atom stereocenters. The summed E-state index contributed by atoms with van der Waals surface area (Å²) in [5.41, 5.74) is 1.39. The maximum atomic E-state index is 13.8. The zero-order chi connectivity index (χ0) is 27.3. The first-order valence-electron chi connectivity index (χ1n) is 11.0. The monoisotopic (exact) mass is 537 g/mol. The number of carboxylic acid groups (broad SMARTS) is 1. The van der Waals surface area contributed by atoms with Crippen molar-refractivity contribution in [2.24, 2.45) is 0 Å². The predicted molar refractivity (Wildman–Crippen MR) is 130 cm³/mol. The minimum Gasteiger partial charge on any atom is -0.478 e. The maximum absolute atomic E-state index is 13.8. The Morgan fingerprint density at radius 1 is 1.05 bits per heavy atom. The molecule has 0 aliphatic carbocycles. The van der Waals surface area contributed by atoms with Crippen LogP contribution in [0.1, 0.15) is 35.5 Å². The van der Waals surface area contributed by atoms with E-state index in [1.165, 1.54) is 63.4 Å². The topological polar surface area (TPSA) is 84.1 Å². The van der Waals surface area contributed by atoms with Crippen LogP contribution in [0.25, 0.3) is 5.65 Å². The molecule has 0 aliphatic heterocycles. The number of imidazole rings is 1. The van der Waals surface area contributed by atoms with Crippen LogP contribution in [-0.4, -0.2) is 31.0 Å². The number of fused-ring (bicyclic) bond motifs is 1. The first-order chi connectivity index (χ1) is 17.5. The smallest absolute Gasteiger partial charge is 0.478 e. The molecule has 0 amide bonds. The molecule has 0 saturated carbocycles. The second kappa shape index (κ2) is 11.4. The van der Waals surface area contributed by atoms with Crippen LogP contribution in [-0.2, 0) is 17.5 Å². The molecule has 4 aromatic rings. The maximum Gasteiger partial charge on any atom is 0.573 e. The summed E-state index contributed by atoms with van der Waals surface area (Å²) in [5, 5.41) is 9.12. The van der Waals surface area contributed by atoms with Crippen molar-refractivity contribution in [1.82, 2.24) is 9.38 Å². The van der Waals surface area contributed by atoms with Crippen LogP contribution < -0.4 is 9.04 Å². The van der Waals surface area contributed by atoms with Crippen molar-refractivity contribution in [3.63, 3.8) is 0 Å². The standard InChI is InChI=1S/C23H17F4N3O4S.C2H6/c1-14-21(28-20-11-6-17(24)13-29(14)20)30(35(33)19-9-4-16(5-10-19)22(31)32)12-15-2-7-18(8-3-15)34-23(25,26)27;1-2/h2-11,13H,12H2,1H3,(H,31,32);1-2H3. The predicted octanol–water partition coefficient (Wildman–Crippen LogP) is 6.13. The molecular weight excluding hydrogens is 514 g/mol. The first kappa shape index (κ1) is 27.7. The van der Waals surface area contributed by atoms with Crippen LogP contribution in [0.4, 0.5) is 23.4 Å². The highest BCUT2D eigenvalue weighted by atomic mass is 32.2. The number of nitrogens with zero attached hydrogens (tertiary/aromatic N) is 3. The Kier molecular flexibility index (Phi) is 8.53. The molecule has 0 radical (unpaired) electrons. The van der Waals surface area contributed by atoms with Gasteiger partial charge in [-0.15, -0.1) is 13.2 Å². The third-order valence-electron chi connectivity index (χ3n) is 5.02. The van der Waals surface area contributed by atoms with E-state index in [1.54, 1.807) is 6.92 Å². The number of benzene rings is 2. The van der Waals surface area contributed by atoms with Gasteiger partial charge in [-0.05, 0) is 61.0 Å². The lowest BCUT2D eigenvalue weighted by Gasteiger charge is -2.22. The third kappa shape index (κ3) is 6.64. The number of hydrogen-bond donors (Lipinski definition) is 1. The number of halogens is 4. The molecule has 7 nitrogen and oxygen atoms in total. The number of alkyl halides is 3. The lowest BCUT2D eigenvalue weighted by molar-refractivity contribution is -0.274. The summed E-state index contributed by atoms with van der Waals surface area (Å²) in [6.07, 6.45) is -3.60. The molecule has 0 spiro atoms. The van der Waals surface area contributed by atoms with Gasteiger partial charge in [-0.2, -0.15) is 0 Å². The molecule has 2 aromatic carbocycles. The second-order valence-electron chi connectivity index (χ2n) is 7.40. The molecular formula is C25H23F4N3O4S. The van der Waals surface area contributed by atoms with E-state index in [1.807, 2.05) is 13.8 Å². The van der Waals surface area contributed by atoms with E-state index < -0.39 is 34.9 Å². The molecule has 0 aliphatic rings. The fourth-order valence-electron chi connectivity index (χ4n) is 3.38. The van der Waals surface area contributed by atoms with Gasteiger partial charge >= 0.3 is 12.3 Å². The Balaban J connectivity index is 0.00000186. The molecule has 0 bridgehead atoms. The van der Waals surface area contributed by atoms with Crippen molar-refractivity contribution < 1.29 is 36.4 Å². The number of hydrogen-bond acceptors (Lipinski definition) is 4. The largest absolute Gasteiger partial charge is 0.573 e. The van der Waals surface area contributed by atoms with Crippen molar-refractivity contribution in [2.75, 3.05) is 4.31 Å². The van der Waals surface area contributed by atoms with Crippen molar-refractivity contribution in [1.29, 1.82) is 0 Å². The molecule has 12 heteroatoms. The molecule has 0 saturated heterocycles. The number of pyridine rings is 1. The number of aromatic nitrogens is 2. The third-order valence-corrected chi connectivity index (χ3v) is 6.40. The average molecular weight is 538 g/mol. The van der Waals surface area contributed by atoms with Gasteiger partial charge in [0.1, 0.15) is 17.2 Å². The fourth-order valence-corrected chi connectivity index (χ4v) is 4.60. The number of aryl methyl sites for hydroxylation is 1. The van der Waals surface area contributed by atoms with Gasteiger partial charge in [-0.3, -0.25) is 8.71 Å². The normalized spacial score (nSPS) is 12.0. The van der Waals surface area contributed by atoms with E-state index in [2.05, 4.69) is 9.72 Å². The van der Waals surface area contributed by atoms with E-state index in [9.17, 15) is 26.6 Å². The van der Waals surface area contributed by atoms with Crippen LogP contribution in [0, 0.1) is 12.7 Å². The van der Waals surface area contributed by atoms with Crippen LogP contribution >= 0.6 is 0 Å². The summed E-state index contributed by atoms with van der Waals surface area (Å²) < 4.78 is 71.6. The van der Waals surface area contributed by atoms with Crippen molar-refractivity contribution in [3.05, 3.63) is 89.5 Å². The highest BCUT2D eigenvalue weighted by Gasteiger charge is 2.31. The van der Waals surface area contributed by atoms with Crippen LogP contribution in [0.15, 0.2) is 71.8 Å². The average Bonchev–Trinajstić information content (AvgIpc) is 3.19. The Labute approximate surface area is 212 Å². The zero-order valence-corrected chi connectivity index (χ0v) is 20.8. The fraction of sp³-hybridized carbons (Fsp3) is 0.200. The minimum absolute atomic E-state index is 0.0111. The summed E-state index contributed by atoms with van der Waals surface area (Å²) in [6.45, 7) is 5.62. The summed E-state index contributed by atoms with van der Waals surface area (Å²) in [5.74, 6) is -1.79. The summed E-state index contributed by atoms with van der Waals surface area (Å²) in [4.78, 5) is 15.9. The van der Waals surface area contributed by atoms with Crippen molar-refractivity contribution >= 4 is 28.4 Å². The quantitative estimate of drug-likeness (QED) is 0.287. The summed E-state index contributed by atoms with van der Waals surface area (Å²) in [7, 11) is -1.90. The number of carbonyl (C=O) groups is 1. The van der Waals surface area contributed by atoms with Crippen LogP contribution in [0.5, 0.6) is 5.75 Å². The Morgan fingerprint density at radius 2 is 1.68 bits per heavy atom. The van der Waals surface area contributed by atoms with Gasteiger partial charge in [-0.25, -0.2) is 18.4 Å². The van der Waals surface area contributed by atoms with Gasteiger partial charge in [0.05, 0.1) is 22.7 Å². The van der Waals surface area contributed by atoms with E-state index in [0.717, 1.165) is 12.1 Å². The molecule has 196 valence electrons. The van der Waals surface area contributed by atoms with E-state index >= 15 is 0 Å². The molecule has 2 aromatic heterocycles. The Bertz CT molecular complexity index is 1400. The first-order valence-corrected chi connectivity index (χ1v) is 12.1. The van der Waals surface area contributed by atoms with Gasteiger partial charge < -0.3 is 9.84 Å². The highest BCUT2D eigenvalue weighted by Crippen LogP contribution is 2.29.